The second-order valence-corrected chi connectivity index (χ2v) is 3.46. The van der Waals surface area contributed by atoms with E-state index in [9.17, 15) is 13.2 Å². The molecule has 0 bridgehead atoms. The first kappa shape index (κ1) is 12.5. The fourth-order valence-electron chi connectivity index (χ4n) is 1.58. The Hall–Kier alpha value is -2.00. The number of aromatic nitrogens is 4. The summed E-state index contributed by atoms with van der Waals surface area (Å²) in [6.07, 6.45) is -1.03. The fourth-order valence-corrected chi connectivity index (χ4v) is 1.58. The van der Waals surface area contributed by atoms with Gasteiger partial charge in [-0.15, -0.1) is 0 Å². The van der Waals surface area contributed by atoms with Crippen LogP contribution in [0.1, 0.15) is 22.9 Å². The second-order valence-electron chi connectivity index (χ2n) is 3.46. The van der Waals surface area contributed by atoms with Gasteiger partial charge in [0, 0.05) is 18.0 Å². The molecule has 0 aliphatic heterocycles. The Morgan fingerprint density at radius 1 is 1.33 bits per heavy atom. The molecule has 0 radical (unpaired) electrons. The van der Waals surface area contributed by atoms with E-state index >= 15 is 0 Å². The van der Waals surface area contributed by atoms with Gasteiger partial charge in [-0.1, -0.05) is 0 Å². The average molecular weight is 258 g/mol. The molecule has 2 heterocycles. The number of pyridine rings is 1. The monoisotopic (exact) mass is 258 g/mol. The van der Waals surface area contributed by atoms with Crippen molar-refractivity contribution in [3.8, 4) is 0 Å². The van der Waals surface area contributed by atoms with E-state index < -0.39 is 17.8 Å². The number of halogens is 3. The Morgan fingerprint density at radius 3 is 2.67 bits per heavy atom. The summed E-state index contributed by atoms with van der Waals surface area (Å²) in [4.78, 5) is 3.68. The summed E-state index contributed by atoms with van der Waals surface area (Å²) in [6, 6.07) is -0.0474. The van der Waals surface area contributed by atoms with Gasteiger partial charge in [0.25, 0.3) is 0 Å². The third kappa shape index (κ3) is 2.31. The van der Waals surface area contributed by atoms with Crippen molar-refractivity contribution < 1.29 is 13.2 Å². The number of nitrogens with two attached hydrogens (primary N) is 1. The van der Waals surface area contributed by atoms with Crippen LogP contribution in [0.25, 0.3) is 0 Å². The van der Waals surface area contributed by atoms with Crippen LogP contribution in [0.15, 0.2) is 24.7 Å². The maximum Gasteiger partial charge on any atom is 0.416 e. The Kier molecular flexibility index (Phi) is 3.26. The first-order valence-corrected chi connectivity index (χ1v) is 4.87. The summed E-state index contributed by atoms with van der Waals surface area (Å²) < 4.78 is 38.5. The Balaban J connectivity index is 2.50. The maximum absolute atomic E-state index is 12.8. The molecular weight excluding hydrogens is 249 g/mol. The summed E-state index contributed by atoms with van der Waals surface area (Å²) in [5.74, 6) is 5.28. The van der Waals surface area contributed by atoms with Crippen LogP contribution in [0.2, 0.25) is 0 Å². The van der Waals surface area contributed by atoms with Crippen LogP contribution < -0.4 is 11.3 Å². The minimum atomic E-state index is -4.49. The van der Waals surface area contributed by atoms with E-state index in [0.29, 0.717) is 0 Å². The summed E-state index contributed by atoms with van der Waals surface area (Å²) in [6.45, 7) is 0. The molecule has 2 aromatic rings. The molecule has 0 amide bonds. The van der Waals surface area contributed by atoms with Crippen LogP contribution in [0.3, 0.4) is 0 Å². The van der Waals surface area contributed by atoms with Crippen molar-refractivity contribution in [2.75, 3.05) is 0 Å². The van der Waals surface area contributed by atoms with Crippen molar-refractivity contribution in [1.82, 2.24) is 25.8 Å². The van der Waals surface area contributed by atoms with Crippen molar-refractivity contribution >= 4 is 0 Å². The van der Waals surface area contributed by atoms with Crippen molar-refractivity contribution in [3.05, 3.63) is 41.5 Å². The van der Waals surface area contributed by atoms with Crippen molar-refractivity contribution in [2.45, 2.75) is 12.2 Å². The number of aromatic amines is 1. The lowest BCUT2D eigenvalue weighted by Crippen LogP contribution is -2.31. The zero-order chi connectivity index (χ0) is 13.2. The highest BCUT2D eigenvalue weighted by atomic mass is 19.4. The zero-order valence-corrected chi connectivity index (χ0v) is 8.94. The molecule has 2 rings (SSSR count). The number of hydrogen-bond acceptors (Lipinski definition) is 5. The summed E-state index contributed by atoms with van der Waals surface area (Å²) in [7, 11) is 0. The molecule has 1 unspecified atom stereocenters. The molecule has 0 spiro atoms. The van der Waals surface area contributed by atoms with Gasteiger partial charge in [-0.2, -0.15) is 28.6 Å². The summed E-state index contributed by atoms with van der Waals surface area (Å²) in [5.41, 5.74) is 1.59. The van der Waals surface area contributed by atoms with E-state index in [2.05, 4.69) is 25.8 Å². The number of nitrogens with one attached hydrogen (secondary N) is 2. The largest absolute Gasteiger partial charge is 0.416 e. The fraction of sp³-hybridized carbons (Fsp3) is 0.222. The van der Waals surface area contributed by atoms with Gasteiger partial charge < -0.3 is 0 Å². The normalized spacial score (nSPS) is 13.6. The van der Waals surface area contributed by atoms with Crippen LogP contribution in [0.4, 0.5) is 13.2 Å². The molecular formula is C9H9F3N6. The zero-order valence-electron chi connectivity index (χ0n) is 8.94. The van der Waals surface area contributed by atoms with Gasteiger partial charge in [-0.3, -0.25) is 10.8 Å². The topological polar surface area (TPSA) is 92.5 Å². The van der Waals surface area contributed by atoms with E-state index in [1.807, 2.05) is 0 Å². The number of nitrogens with zero attached hydrogens (tertiary/aromatic N) is 3. The van der Waals surface area contributed by atoms with Crippen LogP contribution in [-0.2, 0) is 6.18 Å². The van der Waals surface area contributed by atoms with Gasteiger partial charge >= 0.3 is 6.18 Å². The Morgan fingerprint density at radius 2 is 2.11 bits per heavy atom. The molecule has 0 saturated carbocycles. The molecule has 0 aliphatic rings. The molecule has 0 saturated heterocycles. The number of H-pyrrole nitrogens is 1. The molecule has 1 atom stereocenters. The SMILES string of the molecule is NNC(c1cn[nH]n1)c1cnccc1C(F)(F)F. The quantitative estimate of drug-likeness (QED) is 0.558. The van der Waals surface area contributed by atoms with Crippen molar-refractivity contribution in [1.29, 1.82) is 0 Å². The number of hydrazine groups is 1. The van der Waals surface area contributed by atoms with E-state index in [1.54, 1.807) is 0 Å². The number of hydrogen-bond donors (Lipinski definition) is 3. The molecule has 0 aromatic carbocycles. The van der Waals surface area contributed by atoms with Crippen molar-refractivity contribution in [2.24, 2.45) is 5.84 Å². The van der Waals surface area contributed by atoms with Crippen LogP contribution in [0.5, 0.6) is 0 Å². The predicted molar refractivity (Wildman–Crippen MR) is 54.8 cm³/mol. The standard InChI is InChI=1S/C9H9F3N6/c10-9(11,12)6-1-2-14-3-5(6)8(16-13)7-4-15-18-17-7/h1-4,8,16H,13H2,(H,15,17,18). The maximum atomic E-state index is 12.8. The van der Waals surface area contributed by atoms with Crippen LogP contribution >= 0.6 is 0 Å². The van der Waals surface area contributed by atoms with Gasteiger partial charge in [0.15, 0.2) is 0 Å². The van der Waals surface area contributed by atoms with Gasteiger partial charge in [-0.05, 0) is 6.07 Å². The van der Waals surface area contributed by atoms with E-state index in [1.165, 1.54) is 6.20 Å². The number of rotatable bonds is 3. The minimum absolute atomic E-state index is 0.110. The lowest BCUT2D eigenvalue weighted by molar-refractivity contribution is -0.138. The van der Waals surface area contributed by atoms with E-state index in [-0.39, 0.29) is 11.3 Å². The lowest BCUT2D eigenvalue weighted by atomic mass is 10.0. The molecule has 9 heteroatoms. The molecule has 18 heavy (non-hydrogen) atoms. The van der Waals surface area contributed by atoms with E-state index in [4.69, 9.17) is 5.84 Å². The van der Waals surface area contributed by atoms with Gasteiger partial charge in [0.05, 0.1) is 17.8 Å². The highest BCUT2D eigenvalue weighted by Gasteiger charge is 2.36. The summed E-state index contributed by atoms with van der Waals surface area (Å²) in [5, 5.41) is 9.56. The molecule has 0 fully saturated rings. The van der Waals surface area contributed by atoms with Crippen molar-refractivity contribution in [3.63, 3.8) is 0 Å². The molecule has 4 N–H and O–H groups in total. The Bertz CT molecular complexity index is 509. The second kappa shape index (κ2) is 4.70. The third-order valence-electron chi connectivity index (χ3n) is 2.36. The highest BCUT2D eigenvalue weighted by Crippen LogP contribution is 2.35. The van der Waals surface area contributed by atoms with Crippen LogP contribution in [-0.4, -0.2) is 20.4 Å². The predicted octanol–water partition coefficient (Wildman–Crippen LogP) is 0.771. The molecule has 2 aromatic heterocycles. The highest BCUT2D eigenvalue weighted by molar-refractivity contribution is 5.33. The number of alkyl halides is 3. The summed E-state index contributed by atoms with van der Waals surface area (Å²) >= 11 is 0. The lowest BCUT2D eigenvalue weighted by Gasteiger charge is -2.18. The van der Waals surface area contributed by atoms with Gasteiger partial charge in [-0.25, -0.2) is 5.43 Å². The molecule has 6 nitrogen and oxygen atoms in total. The third-order valence-corrected chi connectivity index (χ3v) is 2.36. The molecule has 96 valence electrons. The van der Waals surface area contributed by atoms with Crippen LogP contribution in [0, 0.1) is 0 Å². The Labute approximate surface area is 99.4 Å². The minimum Gasteiger partial charge on any atom is -0.271 e. The average Bonchev–Trinajstić information content (AvgIpc) is 2.83. The molecule has 0 aliphatic carbocycles. The van der Waals surface area contributed by atoms with Gasteiger partial charge in [0.1, 0.15) is 5.69 Å². The smallest absolute Gasteiger partial charge is 0.271 e. The van der Waals surface area contributed by atoms with E-state index in [0.717, 1.165) is 18.5 Å². The first-order chi connectivity index (χ1) is 8.54. The van der Waals surface area contributed by atoms with Gasteiger partial charge in [0.2, 0.25) is 0 Å². The first-order valence-electron chi connectivity index (χ1n) is 4.87.